The van der Waals surface area contributed by atoms with Gasteiger partial charge in [0.15, 0.2) is 5.41 Å². The number of carbonyl (C=O) groups is 2. The normalized spacial score (nSPS) is 36.1. The van der Waals surface area contributed by atoms with E-state index >= 15 is 0 Å². The van der Waals surface area contributed by atoms with Gasteiger partial charge in [-0.2, -0.15) is 0 Å². The van der Waals surface area contributed by atoms with Crippen LogP contribution in [0, 0.1) is 23.2 Å². The van der Waals surface area contributed by atoms with Crippen LogP contribution in [0.15, 0.2) is 24.0 Å². The Hall–Kier alpha value is -1.56. The first-order chi connectivity index (χ1) is 11.9. The third kappa shape index (κ3) is 2.64. The molecule has 2 heterocycles. The summed E-state index contributed by atoms with van der Waals surface area (Å²) in [5, 5.41) is 0.0817. The van der Waals surface area contributed by atoms with Crippen molar-refractivity contribution in [3.05, 3.63) is 24.0 Å². The molecule has 5 atom stereocenters. The summed E-state index contributed by atoms with van der Waals surface area (Å²) in [4.78, 5) is 25.3. The Morgan fingerprint density at radius 2 is 2.00 bits per heavy atom. The lowest BCUT2D eigenvalue weighted by Crippen LogP contribution is -2.61. The topological polar surface area (TPSA) is 61.8 Å². The molecule has 2 aliphatic heterocycles. The Labute approximate surface area is 156 Å². The first-order valence-electron chi connectivity index (χ1n) is 9.32. The van der Waals surface area contributed by atoms with Crippen LogP contribution in [0.25, 0.3) is 0 Å². The van der Waals surface area contributed by atoms with Gasteiger partial charge in [0, 0.05) is 18.3 Å². The lowest BCUT2D eigenvalue weighted by molar-refractivity contribution is -0.191. The number of hydrogen-bond acceptors (Lipinski definition) is 5. The standard InChI is InChI=1S/C20H30O5Si/c1-12-10-13(25-26(6,7)19(2,3)4)11-14-16(12)15-8-9-20(14,17(21)23-5)18(22)24-15/h8-9,11-12,14-16H,10H2,1-7H3/t12-,14+,15?,16-,20?/m1/s1. The summed E-state index contributed by atoms with van der Waals surface area (Å²) in [5.41, 5.74) is -1.38. The molecular weight excluding hydrogens is 348 g/mol. The first kappa shape index (κ1) is 19.2. The van der Waals surface area contributed by atoms with Crippen molar-refractivity contribution in [2.45, 2.75) is 58.4 Å². The van der Waals surface area contributed by atoms with Gasteiger partial charge in [0.25, 0.3) is 0 Å². The summed E-state index contributed by atoms with van der Waals surface area (Å²) in [5.74, 6) is -0.114. The fraction of sp³-hybridized carbons (Fsp3) is 0.700. The maximum atomic E-state index is 12.7. The predicted octanol–water partition coefficient (Wildman–Crippen LogP) is 3.82. The van der Waals surface area contributed by atoms with Crippen LogP contribution in [0.5, 0.6) is 0 Å². The fourth-order valence-corrected chi connectivity index (χ4v) is 5.30. The number of esters is 2. The predicted molar refractivity (Wildman–Crippen MR) is 101 cm³/mol. The maximum absolute atomic E-state index is 12.7. The van der Waals surface area contributed by atoms with Crippen LogP contribution in [0.1, 0.15) is 34.1 Å². The van der Waals surface area contributed by atoms with E-state index in [9.17, 15) is 9.59 Å². The molecule has 2 bridgehead atoms. The molecule has 0 N–H and O–H groups in total. The number of allylic oxidation sites excluding steroid dienone is 2. The van der Waals surface area contributed by atoms with E-state index in [-0.39, 0.29) is 28.9 Å². The zero-order chi connectivity index (χ0) is 19.5. The van der Waals surface area contributed by atoms with Crippen LogP contribution < -0.4 is 0 Å². The SMILES string of the molecule is COC(=O)C12C=CC(OC1=O)[C@@H]1[C@H](C)CC(O[Si](C)(C)C(C)(C)C)=C[C@@H]12. The zero-order valence-corrected chi connectivity index (χ0v) is 17.8. The number of rotatable bonds is 3. The summed E-state index contributed by atoms with van der Waals surface area (Å²) in [6.07, 6.45) is 6.07. The van der Waals surface area contributed by atoms with Crippen molar-refractivity contribution in [2.75, 3.05) is 7.11 Å². The third-order valence-corrected chi connectivity index (χ3v) is 11.1. The molecule has 0 aromatic rings. The second-order valence-electron chi connectivity index (χ2n) is 9.37. The monoisotopic (exact) mass is 378 g/mol. The quantitative estimate of drug-likeness (QED) is 0.323. The molecule has 0 aromatic carbocycles. The Bertz CT molecular complexity index is 687. The first-order valence-corrected chi connectivity index (χ1v) is 12.2. The van der Waals surface area contributed by atoms with E-state index < -0.39 is 25.7 Å². The van der Waals surface area contributed by atoms with Crippen molar-refractivity contribution in [1.82, 2.24) is 0 Å². The fourth-order valence-electron chi connectivity index (χ4n) is 4.19. The lowest BCUT2D eigenvalue weighted by atomic mass is 9.56. The summed E-state index contributed by atoms with van der Waals surface area (Å²) in [6, 6.07) is 0. The molecule has 0 saturated carbocycles. The Balaban J connectivity index is 2.03. The van der Waals surface area contributed by atoms with Crippen molar-refractivity contribution < 1.29 is 23.5 Å². The minimum atomic E-state index is -1.99. The van der Waals surface area contributed by atoms with Gasteiger partial charge in [0.2, 0.25) is 8.32 Å². The van der Waals surface area contributed by atoms with Gasteiger partial charge >= 0.3 is 11.9 Å². The maximum Gasteiger partial charge on any atom is 0.328 e. The number of carbonyl (C=O) groups excluding carboxylic acids is 2. The lowest BCUT2D eigenvalue weighted by Gasteiger charge is -2.52. The highest BCUT2D eigenvalue weighted by Crippen LogP contribution is 2.55. The van der Waals surface area contributed by atoms with E-state index in [4.69, 9.17) is 13.9 Å². The third-order valence-electron chi connectivity index (χ3n) is 6.71. The van der Waals surface area contributed by atoms with E-state index in [2.05, 4.69) is 40.8 Å². The molecule has 1 fully saturated rings. The number of ether oxygens (including phenoxy) is 2. The summed E-state index contributed by atoms with van der Waals surface area (Å²) in [6.45, 7) is 13.2. The van der Waals surface area contributed by atoms with Crippen molar-refractivity contribution in [1.29, 1.82) is 0 Å². The Morgan fingerprint density at radius 3 is 2.54 bits per heavy atom. The van der Waals surface area contributed by atoms with Gasteiger partial charge < -0.3 is 13.9 Å². The smallest absolute Gasteiger partial charge is 0.328 e. The molecule has 2 unspecified atom stereocenters. The second-order valence-corrected chi connectivity index (χ2v) is 14.1. The van der Waals surface area contributed by atoms with E-state index in [1.165, 1.54) is 7.11 Å². The summed E-state index contributed by atoms with van der Waals surface area (Å²) in [7, 11) is -0.679. The number of methoxy groups -OCH3 is 1. The van der Waals surface area contributed by atoms with Crippen molar-refractivity contribution in [3.63, 3.8) is 0 Å². The number of hydrogen-bond donors (Lipinski definition) is 0. The van der Waals surface area contributed by atoms with Gasteiger partial charge in [-0.25, -0.2) is 0 Å². The Kier molecular flexibility index (Phi) is 4.41. The Morgan fingerprint density at radius 1 is 1.35 bits per heavy atom. The molecule has 4 rings (SSSR count). The van der Waals surface area contributed by atoms with Crippen LogP contribution in [-0.4, -0.2) is 33.5 Å². The average molecular weight is 379 g/mol. The van der Waals surface area contributed by atoms with E-state index in [1.54, 1.807) is 6.08 Å². The minimum absolute atomic E-state index is 0.0727. The van der Waals surface area contributed by atoms with Crippen LogP contribution in [0.4, 0.5) is 0 Å². The highest BCUT2D eigenvalue weighted by Gasteiger charge is 2.64. The highest BCUT2D eigenvalue weighted by molar-refractivity contribution is 6.74. The van der Waals surface area contributed by atoms with E-state index in [0.29, 0.717) is 0 Å². The molecule has 2 aliphatic carbocycles. The van der Waals surface area contributed by atoms with Crippen molar-refractivity contribution in [2.24, 2.45) is 23.2 Å². The number of fused-ring (bicyclic) bond motifs is 1. The molecule has 0 amide bonds. The molecule has 0 aromatic heterocycles. The summed E-state index contributed by atoms with van der Waals surface area (Å²) < 4.78 is 17.1. The van der Waals surface area contributed by atoms with Gasteiger partial charge in [0.1, 0.15) is 6.10 Å². The molecule has 1 saturated heterocycles. The molecule has 5 nitrogen and oxygen atoms in total. The van der Waals surface area contributed by atoms with Gasteiger partial charge in [-0.1, -0.05) is 33.8 Å². The second kappa shape index (κ2) is 5.97. The van der Waals surface area contributed by atoms with Gasteiger partial charge in [-0.3, -0.25) is 9.59 Å². The van der Waals surface area contributed by atoms with Gasteiger partial charge in [0.05, 0.1) is 12.9 Å². The molecule has 4 aliphatic rings. The molecule has 6 heteroatoms. The van der Waals surface area contributed by atoms with E-state index in [1.807, 2.05) is 12.2 Å². The van der Waals surface area contributed by atoms with Gasteiger partial charge in [-0.05, 0) is 36.2 Å². The van der Waals surface area contributed by atoms with Gasteiger partial charge in [-0.15, -0.1) is 0 Å². The van der Waals surface area contributed by atoms with Crippen LogP contribution in [-0.2, 0) is 23.5 Å². The molecule has 0 spiro atoms. The van der Waals surface area contributed by atoms with E-state index in [0.717, 1.165) is 12.2 Å². The zero-order valence-electron chi connectivity index (χ0n) is 16.8. The molecule has 144 valence electrons. The molecule has 0 radical (unpaired) electrons. The van der Waals surface area contributed by atoms with Crippen LogP contribution >= 0.6 is 0 Å². The largest absolute Gasteiger partial charge is 0.547 e. The molecule has 26 heavy (non-hydrogen) atoms. The van der Waals surface area contributed by atoms with Crippen molar-refractivity contribution >= 4 is 20.3 Å². The average Bonchev–Trinajstić information content (AvgIpc) is 2.52. The van der Waals surface area contributed by atoms with Crippen molar-refractivity contribution in [3.8, 4) is 0 Å². The van der Waals surface area contributed by atoms with Crippen LogP contribution in [0.2, 0.25) is 18.1 Å². The molecular formula is C20H30O5Si. The summed E-state index contributed by atoms with van der Waals surface area (Å²) >= 11 is 0. The minimum Gasteiger partial charge on any atom is -0.547 e. The van der Waals surface area contributed by atoms with Crippen LogP contribution in [0.3, 0.4) is 0 Å². The highest BCUT2D eigenvalue weighted by atomic mass is 28.4.